The molecule has 0 saturated carbocycles. The lowest BCUT2D eigenvalue weighted by Crippen LogP contribution is -2.15. The third-order valence-electron chi connectivity index (χ3n) is 2.04. The number of aryl methyl sites for hydroxylation is 1. The summed E-state index contributed by atoms with van der Waals surface area (Å²) in [6.45, 7) is 2.69. The summed E-state index contributed by atoms with van der Waals surface area (Å²) in [5, 5.41) is 5.11. The predicted octanol–water partition coefficient (Wildman–Crippen LogP) is 1.33. The molecule has 5 nitrogen and oxygen atoms in total. The Morgan fingerprint density at radius 1 is 1.62 bits per heavy atom. The van der Waals surface area contributed by atoms with Crippen molar-refractivity contribution in [1.29, 1.82) is 0 Å². The lowest BCUT2D eigenvalue weighted by molar-refractivity contribution is 1.05. The van der Waals surface area contributed by atoms with Crippen LogP contribution >= 0.6 is 11.3 Å². The third kappa shape index (κ3) is 2.40. The first-order chi connectivity index (χ1) is 7.65. The van der Waals surface area contributed by atoms with Gasteiger partial charge < -0.3 is 11.1 Å². The molecule has 2 heterocycles. The van der Waals surface area contributed by atoms with Gasteiger partial charge in [0.1, 0.15) is 5.69 Å². The molecule has 0 saturated heterocycles. The number of aromatic amines is 1. The molecule has 0 aliphatic rings. The zero-order valence-electron chi connectivity index (χ0n) is 8.78. The first-order valence-corrected chi connectivity index (χ1v) is 5.66. The van der Waals surface area contributed by atoms with Crippen LogP contribution < -0.4 is 16.6 Å². The van der Waals surface area contributed by atoms with Crippen molar-refractivity contribution in [1.82, 2.24) is 9.97 Å². The number of aromatic nitrogens is 2. The van der Waals surface area contributed by atoms with Crippen LogP contribution in [-0.4, -0.2) is 9.97 Å². The lowest BCUT2D eigenvalue weighted by atomic mass is 10.3. The van der Waals surface area contributed by atoms with Gasteiger partial charge in [0.15, 0.2) is 0 Å². The molecule has 0 atom stereocenters. The van der Waals surface area contributed by atoms with Crippen LogP contribution in [0.15, 0.2) is 22.4 Å². The van der Waals surface area contributed by atoms with Crippen LogP contribution in [0.2, 0.25) is 0 Å². The molecule has 2 aromatic rings. The summed E-state index contributed by atoms with van der Waals surface area (Å²) in [6, 6.07) is 2.09. The molecule has 0 spiro atoms. The highest BCUT2D eigenvalue weighted by atomic mass is 32.1. The Morgan fingerprint density at radius 2 is 2.44 bits per heavy atom. The molecular weight excluding hydrogens is 224 g/mol. The molecule has 6 heteroatoms. The fourth-order valence-corrected chi connectivity index (χ4v) is 2.06. The van der Waals surface area contributed by atoms with Crippen molar-refractivity contribution in [2.75, 3.05) is 11.1 Å². The maximum Gasteiger partial charge on any atom is 0.275 e. The summed E-state index contributed by atoms with van der Waals surface area (Å²) in [4.78, 5) is 18.9. The van der Waals surface area contributed by atoms with Crippen LogP contribution in [0, 0.1) is 6.92 Å². The number of thiophene rings is 1. The van der Waals surface area contributed by atoms with E-state index in [1.807, 2.05) is 6.92 Å². The van der Waals surface area contributed by atoms with E-state index in [9.17, 15) is 4.79 Å². The number of hydrogen-bond donors (Lipinski definition) is 3. The molecule has 0 aliphatic carbocycles. The van der Waals surface area contributed by atoms with E-state index in [1.54, 1.807) is 11.3 Å². The van der Waals surface area contributed by atoms with Crippen molar-refractivity contribution in [3.8, 4) is 0 Å². The summed E-state index contributed by atoms with van der Waals surface area (Å²) in [7, 11) is 0. The zero-order valence-corrected chi connectivity index (χ0v) is 9.60. The monoisotopic (exact) mass is 236 g/mol. The van der Waals surface area contributed by atoms with Crippen molar-refractivity contribution in [3.63, 3.8) is 0 Å². The minimum absolute atomic E-state index is 0.123. The lowest BCUT2D eigenvalue weighted by Gasteiger charge is -2.02. The van der Waals surface area contributed by atoms with Gasteiger partial charge in [-0.15, -0.1) is 11.3 Å². The van der Waals surface area contributed by atoms with E-state index in [-0.39, 0.29) is 11.2 Å². The highest BCUT2D eigenvalue weighted by molar-refractivity contribution is 7.10. The Bertz CT molecular complexity index is 546. The Morgan fingerprint density at radius 3 is 3.06 bits per heavy atom. The molecule has 0 aliphatic heterocycles. The summed E-state index contributed by atoms with van der Waals surface area (Å²) in [6.07, 6.45) is 1.35. The fraction of sp³-hybridized carbons (Fsp3) is 0.200. The number of nitrogens with one attached hydrogen (secondary N) is 2. The number of nitrogens with zero attached hydrogens (tertiary/aromatic N) is 1. The molecule has 2 aromatic heterocycles. The normalized spacial score (nSPS) is 10.3. The van der Waals surface area contributed by atoms with Crippen molar-refractivity contribution in [2.45, 2.75) is 13.5 Å². The van der Waals surface area contributed by atoms with Crippen LogP contribution in [0.25, 0.3) is 0 Å². The van der Waals surface area contributed by atoms with Gasteiger partial charge in [0.25, 0.3) is 5.56 Å². The van der Waals surface area contributed by atoms with Gasteiger partial charge in [-0.1, -0.05) is 0 Å². The Kier molecular flexibility index (Phi) is 2.91. The van der Waals surface area contributed by atoms with Crippen molar-refractivity contribution < 1.29 is 0 Å². The highest BCUT2D eigenvalue weighted by Gasteiger charge is 2.00. The maximum absolute atomic E-state index is 11.2. The molecule has 4 N–H and O–H groups in total. The second-order valence-corrected chi connectivity index (χ2v) is 4.46. The molecule has 2 rings (SSSR count). The first-order valence-electron chi connectivity index (χ1n) is 4.78. The molecule has 0 unspecified atom stereocenters. The van der Waals surface area contributed by atoms with Crippen molar-refractivity contribution >= 4 is 23.0 Å². The van der Waals surface area contributed by atoms with Crippen LogP contribution in [0.4, 0.5) is 11.6 Å². The smallest absolute Gasteiger partial charge is 0.275 e. The number of nitrogen functional groups attached to an aromatic ring is 1. The second kappa shape index (κ2) is 4.36. The molecule has 0 aromatic carbocycles. The summed E-state index contributed by atoms with van der Waals surface area (Å²) >= 11 is 1.67. The van der Waals surface area contributed by atoms with Gasteiger partial charge in [0.2, 0.25) is 5.95 Å². The number of nitrogens with two attached hydrogens (primary N) is 1. The average Bonchev–Trinajstić information content (AvgIpc) is 2.66. The third-order valence-corrected chi connectivity index (χ3v) is 3.10. The van der Waals surface area contributed by atoms with Crippen LogP contribution in [0.3, 0.4) is 0 Å². The van der Waals surface area contributed by atoms with E-state index in [1.165, 1.54) is 16.6 Å². The van der Waals surface area contributed by atoms with E-state index in [0.29, 0.717) is 12.5 Å². The maximum atomic E-state index is 11.2. The van der Waals surface area contributed by atoms with Gasteiger partial charge in [0, 0.05) is 4.88 Å². The topological polar surface area (TPSA) is 83.8 Å². The summed E-state index contributed by atoms with van der Waals surface area (Å²) in [5.74, 6) is 0.435. The second-order valence-electron chi connectivity index (χ2n) is 3.46. The van der Waals surface area contributed by atoms with E-state index >= 15 is 0 Å². The number of rotatable bonds is 3. The number of H-pyrrole nitrogens is 1. The largest absolute Gasteiger partial charge is 0.393 e. The van der Waals surface area contributed by atoms with Crippen molar-refractivity contribution in [2.24, 2.45) is 0 Å². The molecule has 0 radical (unpaired) electrons. The molecule has 16 heavy (non-hydrogen) atoms. The van der Waals surface area contributed by atoms with Crippen molar-refractivity contribution in [3.05, 3.63) is 38.4 Å². The Hall–Kier alpha value is -1.82. The SMILES string of the molecule is Cc1csc(CNc2ncc(N)c(=O)[nH]2)c1. The van der Waals surface area contributed by atoms with Gasteiger partial charge in [-0.3, -0.25) is 9.78 Å². The molecule has 0 fully saturated rings. The van der Waals surface area contributed by atoms with Gasteiger partial charge in [-0.2, -0.15) is 0 Å². The predicted molar refractivity (Wildman–Crippen MR) is 65.7 cm³/mol. The number of anilines is 2. The zero-order chi connectivity index (χ0) is 11.5. The Balaban J connectivity index is 2.05. The van der Waals surface area contributed by atoms with E-state index < -0.39 is 0 Å². The van der Waals surface area contributed by atoms with Crippen LogP contribution in [-0.2, 0) is 6.54 Å². The first kappa shape index (κ1) is 10.7. The standard InChI is InChI=1S/C10H12N4OS/c1-6-2-7(16-5-6)3-12-10-13-4-8(11)9(15)14-10/h2,4-5H,3,11H2,1H3,(H2,12,13,14,15). The minimum atomic E-state index is -0.320. The van der Waals surface area contributed by atoms with Crippen LogP contribution in [0.5, 0.6) is 0 Å². The fourth-order valence-electron chi connectivity index (χ4n) is 1.25. The van der Waals surface area contributed by atoms with Crippen LogP contribution in [0.1, 0.15) is 10.4 Å². The molecule has 0 amide bonds. The number of hydrogen-bond acceptors (Lipinski definition) is 5. The van der Waals surface area contributed by atoms with Gasteiger partial charge in [-0.05, 0) is 23.9 Å². The van der Waals surface area contributed by atoms with Gasteiger partial charge >= 0.3 is 0 Å². The quantitative estimate of drug-likeness (QED) is 0.750. The van der Waals surface area contributed by atoms with E-state index in [0.717, 1.165) is 0 Å². The average molecular weight is 236 g/mol. The van der Waals surface area contributed by atoms with Gasteiger partial charge in [0.05, 0.1) is 12.7 Å². The van der Waals surface area contributed by atoms with Gasteiger partial charge in [-0.25, -0.2) is 4.98 Å². The Labute approximate surface area is 96.3 Å². The highest BCUT2D eigenvalue weighted by Crippen LogP contribution is 2.14. The van der Waals surface area contributed by atoms with E-state index in [2.05, 4.69) is 26.7 Å². The molecule has 0 bridgehead atoms. The molecular formula is C10H12N4OS. The molecule has 84 valence electrons. The summed E-state index contributed by atoms with van der Waals surface area (Å²) in [5.41, 5.74) is 6.41. The van der Waals surface area contributed by atoms with E-state index in [4.69, 9.17) is 5.73 Å². The summed E-state index contributed by atoms with van der Waals surface area (Å²) < 4.78 is 0. The minimum Gasteiger partial charge on any atom is -0.393 e.